The van der Waals surface area contributed by atoms with Crippen molar-refractivity contribution in [3.05, 3.63) is 42.5 Å². The van der Waals surface area contributed by atoms with E-state index in [4.69, 9.17) is 0 Å². The van der Waals surface area contributed by atoms with Crippen LogP contribution in [0, 0.1) is 11.8 Å². The Morgan fingerprint density at radius 1 is 1.07 bits per heavy atom. The highest BCUT2D eigenvalue weighted by Gasteiger charge is 2.18. The maximum absolute atomic E-state index is 12.1. The third-order valence-corrected chi connectivity index (χ3v) is 4.96. The van der Waals surface area contributed by atoms with E-state index in [1.165, 1.54) is 13.2 Å². The van der Waals surface area contributed by atoms with Crippen molar-refractivity contribution in [2.45, 2.75) is 52.4 Å². The molecule has 0 saturated carbocycles. The molecule has 6 nitrogen and oxygen atoms in total. The molecule has 1 unspecified atom stereocenters. The van der Waals surface area contributed by atoms with Crippen molar-refractivity contribution in [1.82, 2.24) is 5.32 Å². The first-order chi connectivity index (χ1) is 14.0. The van der Waals surface area contributed by atoms with E-state index in [9.17, 15) is 14.4 Å². The van der Waals surface area contributed by atoms with Gasteiger partial charge in [0.15, 0.2) is 0 Å². The summed E-state index contributed by atoms with van der Waals surface area (Å²) in [4.78, 5) is 35.2. The predicted molar refractivity (Wildman–Crippen MR) is 115 cm³/mol. The molecule has 1 rings (SSSR count). The van der Waals surface area contributed by atoms with Crippen LogP contribution in [0.15, 0.2) is 42.5 Å². The summed E-state index contributed by atoms with van der Waals surface area (Å²) in [6.45, 7) is 4.88. The van der Waals surface area contributed by atoms with E-state index in [-0.39, 0.29) is 17.7 Å². The van der Waals surface area contributed by atoms with E-state index < -0.39 is 5.97 Å². The Hall–Kier alpha value is -2.63. The number of hydrogen-bond donors (Lipinski definition) is 2. The number of rotatable bonds is 13. The van der Waals surface area contributed by atoms with Gasteiger partial charge >= 0.3 is 5.97 Å². The second-order valence-electron chi connectivity index (χ2n) is 7.29. The molecule has 2 atom stereocenters. The molecule has 6 heteroatoms. The first-order valence-corrected chi connectivity index (χ1v) is 10.3. The predicted octanol–water partition coefficient (Wildman–Crippen LogP) is 4.08. The van der Waals surface area contributed by atoms with Gasteiger partial charge in [0.25, 0.3) is 0 Å². The first-order valence-electron chi connectivity index (χ1n) is 10.3. The largest absolute Gasteiger partial charge is 0.466 e. The number of amides is 2. The highest BCUT2D eigenvalue weighted by molar-refractivity contribution is 5.94. The van der Waals surface area contributed by atoms with E-state index in [1.54, 1.807) is 0 Å². The summed E-state index contributed by atoms with van der Waals surface area (Å²) in [6, 6.07) is 9.42. The zero-order chi connectivity index (χ0) is 21.5. The maximum atomic E-state index is 12.1. The molecule has 1 aromatic rings. The Balaban J connectivity index is 2.49. The number of esters is 1. The maximum Gasteiger partial charge on any atom is 0.330 e. The fourth-order valence-electron chi connectivity index (χ4n) is 3.12. The second kappa shape index (κ2) is 14.4. The minimum atomic E-state index is -0.558. The van der Waals surface area contributed by atoms with Crippen LogP contribution in [0.1, 0.15) is 52.4 Å². The van der Waals surface area contributed by atoms with Gasteiger partial charge in [-0.25, -0.2) is 4.79 Å². The summed E-state index contributed by atoms with van der Waals surface area (Å²) < 4.78 is 4.48. The van der Waals surface area contributed by atoms with Crippen molar-refractivity contribution < 1.29 is 19.1 Å². The van der Waals surface area contributed by atoms with Crippen molar-refractivity contribution in [3.8, 4) is 0 Å². The smallest absolute Gasteiger partial charge is 0.330 e. The topological polar surface area (TPSA) is 84.5 Å². The monoisotopic (exact) mass is 402 g/mol. The van der Waals surface area contributed by atoms with E-state index in [1.807, 2.05) is 30.3 Å². The lowest BCUT2D eigenvalue weighted by atomic mass is 9.85. The van der Waals surface area contributed by atoms with Crippen molar-refractivity contribution in [2.24, 2.45) is 11.8 Å². The zero-order valence-corrected chi connectivity index (χ0v) is 17.8. The highest BCUT2D eigenvalue weighted by atomic mass is 16.5. The van der Waals surface area contributed by atoms with Crippen molar-refractivity contribution in [3.63, 3.8) is 0 Å². The lowest BCUT2D eigenvalue weighted by Gasteiger charge is -2.24. The molecule has 0 aliphatic carbocycles. The van der Waals surface area contributed by atoms with E-state index >= 15 is 0 Å². The van der Waals surface area contributed by atoms with E-state index in [0.29, 0.717) is 18.9 Å². The van der Waals surface area contributed by atoms with Gasteiger partial charge in [-0.3, -0.25) is 9.59 Å². The molecule has 0 saturated heterocycles. The first kappa shape index (κ1) is 24.4. The molecular weight excluding hydrogens is 368 g/mol. The SMILES string of the molecule is CCCC[C@H](C)C(CCCC(=O)Nc1ccccc1)CNC(=O)/C=C\C(=O)OC. The molecule has 160 valence electrons. The van der Waals surface area contributed by atoms with Crippen LogP contribution in [0.4, 0.5) is 5.69 Å². The highest BCUT2D eigenvalue weighted by Crippen LogP contribution is 2.23. The number of carbonyl (C=O) groups excluding carboxylic acids is 3. The van der Waals surface area contributed by atoms with Crippen LogP contribution in [-0.4, -0.2) is 31.4 Å². The van der Waals surface area contributed by atoms with Gasteiger partial charge in [-0.05, 0) is 36.8 Å². The van der Waals surface area contributed by atoms with Crippen LogP contribution in [0.3, 0.4) is 0 Å². The van der Waals surface area contributed by atoms with E-state index in [0.717, 1.165) is 43.9 Å². The molecule has 0 aliphatic heterocycles. The van der Waals surface area contributed by atoms with Gasteiger partial charge in [0.05, 0.1) is 7.11 Å². The quantitative estimate of drug-likeness (QED) is 0.385. The van der Waals surface area contributed by atoms with Gasteiger partial charge in [-0.1, -0.05) is 51.3 Å². The number of carbonyl (C=O) groups is 3. The van der Waals surface area contributed by atoms with Gasteiger partial charge in [0.1, 0.15) is 0 Å². The number of nitrogens with one attached hydrogen (secondary N) is 2. The zero-order valence-electron chi connectivity index (χ0n) is 17.8. The fourth-order valence-corrected chi connectivity index (χ4v) is 3.12. The number of para-hydroxylation sites is 1. The summed E-state index contributed by atoms with van der Waals surface area (Å²) in [5, 5.41) is 5.76. The van der Waals surface area contributed by atoms with E-state index in [2.05, 4.69) is 29.2 Å². The Labute approximate surface area is 174 Å². The molecule has 29 heavy (non-hydrogen) atoms. The lowest BCUT2D eigenvalue weighted by Crippen LogP contribution is -2.31. The normalized spacial score (nSPS) is 12.9. The minimum absolute atomic E-state index is 0.00112. The fraction of sp³-hybridized carbons (Fsp3) is 0.522. The number of methoxy groups -OCH3 is 1. The summed E-state index contributed by atoms with van der Waals surface area (Å²) in [5.74, 6) is -0.151. The molecule has 0 aromatic heterocycles. The van der Waals surface area contributed by atoms with Gasteiger partial charge in [0, 0.05) is 30.8 Å². The van der Waals surface area contributed by atoms with Crippen LogP contribution in [0.25, 0.3) is 0 Å². The molecular formula is C23H34N2O4. The number of benzene rings is 1. The molecule has 2 N–H and O–H groups in total. The Bertz CT molecular complexity index is 658. The molecule has 0 heterocycles. The van der Waals surface area contributed by atoms with Crippen LogP contribution in [0.5, 0.6) is 0 Å². The van der Waals surface area contributed by atoms with Gasteiger partial charge in [0.2, 0.25) is 11.8 Å². The Morgan fingerprint density at radius 3 is 2.45 bits per heavy atom. The standard InChI is InChI=1S/C23H34N2O4/c1-4-5-10-18(2)19(17-24-21(26)15-16-23(28)29-3)11-9-14-22(27)25-20-12-7-6-8-13-20/h6-8,12-13,15-16,18-19H,4-5,9-11,14,17H2,1-3H3,(H,24,26)(H,25,27)/b16-15-/t18-,19?/m0/s1. The van der Waals surface area contributed by atoms with Gasteiger partial charge < -0.3 is 15.4 Å². The molecule has 2 amide bonds. The molecule has 1 aromatic carbocycles. The molecule has 0 spiro atoms. The van der Waals surface area contributed by atoms with Gasteiger partial charge in [-0.2, -0.15) is 0 Å². The van der Waals surface area contributed by atoms with Crippen molar-refractivity contribution in [1.29, 1.82) is 0 Å². The second-order valence-corrected chi connectivity index (χ2v) is 7.29. The molecule has 0 bridgehead atoms. The Kier molecular flexibility index (Phi) is 12.1. The number of hydrogen-bond acceptors (Lipinski definition) is 4. The van der Waals surface area contributed by atoms with Crippen LogP contribution < -0.4 is 10.6 Å². The summed E-state index contributed by atoms with van der Waals surface area (Å²) in [6.07, 6.45) is 7.72. The molecule has 0 aliphatic rings. The van der Waals surface area contributed by atoms with Gasteiger partial charge in [-0.15, -0.1) is 0 Å². The third kappa shape index (κ3) is 11.1. The number of ether oxygens (including phenoxy) is 1. The average molecular weight is 403 g/mol. The van der Waals surface area contributed by atoms with Crippen LogP contribution >= 0.6 is 0 Å². The number of anilines is 1. The Morgan fingerprint density at radius 2 is 1.79 bits per heavy atom. The van der Waals surface area contributed by atoms with Crippen LogP contribution in [-0.2, 0) is 19.1 Å². The van der Waals surface area contributed by atoms with Crippen LogP contribution in [0.2, 0.25) is 0 Å². The summed E-state index contributed by atoms with van der Waals surface area (Å²) in [5.41, 5.74) is 0.801. The van der Waals surface area contributed by atoms with Crippen molar-refractivity contribution >= 4 is 23.5 Å². The van der Waals surface area contributed by atoms with Crippen molar-refractivity contribution in [2.75, 3.05) is 19.0 Å². The minimum Gasteiger partial charge on any atom is -0.466 e. The lowest BCUT2D eigenvalue weighted by molar-refractivity contribution is -0.135. The summed E-state index contributed by atoms with van der Waals surface area (Å²) in [7, 11) is 1.27. The molecule has 0 fully saturated rings. The third-order valence-electron chi connectivity index (χ3n) is 4.96. The summed E-state index contributed by atoms with van der Waals surface area (Å²) >= 11 is 0. The number of unbranched alkanes of at least 4 members (excludes halogenated alkanes) is 1. The average Bonchev–Trinajstić information content (AvgIpc) is 2.73. The molecule has 0 radical (unpaired) electrons.